The summed E-state index contributed by atoms with van der Waals surface area (Å²) in [5.74, 6) is -0.00328. The summed E-state index contributed by atoms with van der Waals surface area (Å²) >= 11 is 1.36. The number of thioether (sulfide) groups is 1. The van der Waals surface area contributed by atoms with E-state index in [4.69, 9.17) is 0 Å². The first kappa shape index (κ1) is 13.4. The Morgan fingerprint density at radius 1 is 1.33 bits per heavy atom. The van der Waals surface area contributed by atoms with Gasteiger partial charge in [-0.3, -0.25) is 4.79 Å². The van der Waals surface area contributed by atoms with E-state index in [1.54, 1.807) is 0 Å². The van der Waals surface area contributed by atoms with E-state index in [2.05, 4.69) is 20.4 Å². The van der Waals surface area contributed by atoms with Gasteiger partial charge in [-0.2, -0.15) is 0 Å². The zero-order valence-electron chi connectivity index (χ0n) is 11.1. The molecule has 0 amide bonds. The highest BCUT2D eigenvalue weighted by molar-refractivity contribution is 8.13. The minimum absolute atomic E-state index is 0.00328. The fraction of sp³-hybridized carbons (Fsp3) is 0.438. The number of hydrogen-bond acceptors (Lipinski definition) is 2. The molecule has 0 spiro atoms. The number of benzene rings is 1. The summed E-state index contributed by atoms with van der Waals surface area (Å²) in [7, 11) is 0. The molecule has 1 fully saturated rings. The largest absolute Gasteiger partial charge is 0.286 e. The second-order valence-corrected chi connectivity index (χ2v) is 6.75. The summed E-state index contributed by atoms with van der Waals surface area (Å²) in [6.45, 7) is 8.49. The smallest absolute Gasteiger partial charge is 0.201 e. The second kappa shape index (κ2) is 5.31. The number of rotatable bonds is 2. The molecule has 18 heavy (non-hydrogen) atoms. The molecular weight excluding hydrogens is 240 g/mol. The molecule has 1 aromatic carbocycles. The lowest BCUT2D eigenvalue weighted by Gasteiger charge is -2.38. The Labute approximate surface area is 114 Å². The third kappa shape index (κ3) is 2.86. The Morgan fingerprint density at radius 2 is 2.00 bits per heavy atom. The molecule has 0 aliphatic heterocycles. The van der Waals surface area contributed by atoms with Crippen molar-refractivity contribution in [3.63, 3.8) is 0 Å². The van der Waals surface area contributed by atoms with Crippen LogP contribution in [-0.2, 0) is 4.79 Å². The molecule has 0 saturated heterocycles. The maximum absolute atomic E-state index is 12.5. The Morgan fingerprint density at radius 3 is 2.61 bits per heavy atom. The van der Waals surface area contributed by atoms with E-state index < -0.39 is 0 Å². The maximum atomic E-state index is 12.5. The minimum atomic E-state index is -0.00328. The average Bonchev–Trinajstić information content (AvgIpc) is 2.28. The fourth-order valence-corrected chi connectivity index (χ4v) is 3.89. The second-order valence-electron chi connectivity index (χ2n) is 5.67. The van der Waals surface area contributed by atoms with Crippen molar-refractivity contribution in [2.75, 3.05) is 0 Å². The van der Waals surface area contributed by atoms with E-state index in [1.165, 1.54) is 11.8 Å². The number of hydrogen-bond donors (Lipinski definition) is 0. The molecule has 1 nitrogen and oxygen atoms in total. The summed E-state index contributed by atoms with van der Waals surface area (Å²) in [5, 5.41) is 0.246. The van der Waals surface area contributed by atoms with Gasteiger partial charge in [0, 0.05) is 4.90 Å². The van der Waals surface area contributed by atoms with Crippen molar-refractivity contribution in [3.8, 4) is 0 Å². The van der Waals surface area contributed by atoms with Crippen LogP contribution in [-0.4, -0.2) is 5.12 Å². The van der Waals surface area contributed by atoms with Crippen LogP contribution in [0.4, 0.5) is 0 Å². The van der Waals surface area contributed by atoms with Gasteiger partial charge in [-0.05, 0) is 36.8 Å². The molecule has 1 saturated carbocycles. The van der Waals surface area contributed by atoms with E-state index in [9.17, 15) is 4.79 Å². The Bertz CT molecular complexity index is 447. The first-order chi connectivity index (χ1) is 8.50. The predicted molar refractivity (Wildman–Crippen MR) is 77.6 cm³/mol. The molecule has 96 valence electrons. The normalized spacial score (nSPS) is 22.8. The van der Waals surface area contributed by atoms with Gasteiger partial charge >= 0.3 is 0 Å². The van der Waals surface area contributed by atoms with Crippen molar-refractivity contribution >= 4 is 16.9 Å². The van der Waals surface area contributed by atoms with Crippen LogP contribution < -0.4 is 0 Å². The zero-order chi connectivity index (χ0) is 13.2. The van der Waals surface area contributed by atoms with Crippen molar-refractivity contribution in [1.82, 2.24) is 0 Å². The predicted octanol–water partition coefficient (Wildman–Crippen LogP) is 4.69. The highest BCUT2D eigenvalue weighted by Crippen LogP contribution is 2.46. The van der Waals surface area contributed by atoms with Gasteiger partial charge in [-0.1, -0.05) is 56.0 Å². The van der Waals surface area contributed by atoms with Crippen LogP contribution in [0.3, 0.4) is 0 Å². The van der Waals surface area contributed by atoms with Crippen molar-refractivity contribution in [2.24, 2.45) is 11.3 Å². The molecule has 0 N–H and O–H groups in total. The summed E-state index contributed by atoms with van der Waals surface area (Å²) in [4.78, 5) is 13.5. The Hall–Kier alpha value is -1.02. The third-order valence-electron chi connectivity index (χ3n) is 3.71. The number of allylic oxidation sites excluding steroid dienone is 1. The Kier molecular flexibility index (Phi) is 3.96. The molecule has 1 aromatic rings. The lowest BCUT2D eigenvalue weighted by Crippen LogP contribution is -2.34. The summed E-state index contributed by atoms with van der Waals surface area (Å²) in [6.07, 6.45) is 3.26. The fourth-order valence-electron chi connectivity index (χ4n) is 2.76. The standard InChI is InChI=1S/C16H20OS/c1-12-8-7-11-16(2,3)14(12)15(17)18-13-9-5-4-6-10-13/h4-6,9-10,14H,1,7-8,11H2,2-3H3/t14-/m0/s1. The minimum Gasteiger partial charge on any atom is -0.286 e. The quantitative estimate of drug-likeness (QED) is 0.567. The molecule has 0 bridgehead atoms. The summed E-state index contributed by atoms with van der Waals surface area (Å²) in [5.41, 5.74) is 1.16. The van der Waals surface area contributed by atoms with E-state index >= 15 is 0 Å². The molecule has 0 unspecified atom stereocenters. The first-order valence-corrected chi connectivity index (χ1v) is 7.27. The van der Waals surface area contributed by atoms with Gasteiger partial charge in [0.05, 0.1) is 5.92 Å². The Balaban J connectivity index is 2.14. The van der Waals surface area contributed by atoms with Gasteiger partial charge in [0.25, 0.3) is 0 Å². The highest BCUT2D eigenvalue weighted by atomic mass is 32.2. The van der Waals surface area contributed by atoms with Crippen molar-refractivity contribution in [1.29, 1.82) is 0 Å². The van der Waals surface area contributed by atoms with Crippen LogP contribution >= 0.6 is 11.8 Å². The monoisotopic (exact) mass is 260 g/mol. The van der Waals surface area contributed by atoms with Crippen LogP contribution in [0.15, 0.2) is 47.4 Å². The van der Waals surface area contributed by atoms with Gasteiger partial charge < -0.3 is 0 Å². The lowest BCUT2D eigenvalue weighted by atomic mass is 9.67. The molecule has 2 heteroatoms. The molecule has 0 aromatic heterocycles. The van der Waals surface area contributed by atoms with Gasteiger partial charge in [-0.25, -0.2) is 0 Å². The SMILES string of the molecule is C=C1CCCC(C)(C)[C@@H]1C(=O)Sc1ccccc1. The van der Waals surface area contributed by atoms with Crippen LogP contribution in [0.5, 0.6) is 0 Å². The van der Waals surface area contributed by atoms with Crippen LogP contribution in [0.1, 0.15) is 33.1 Å². The maximum Gasteiger partial charge on any atom is 0.201 e. The average molecular weight is 260 g/mol. The molecule has 1 atom stereocenters. The van der Waals surface area contributed by atoms with Gasteiger partial charge in [0.2, 0.25) is 5.12 Å². The van der Waals surface area contributed by atoms with E-state index in [0.29, 0.717) is 0 Å². The van der Waals surface area contributed by atoms with Crippen molar-refractivity contribution in [2.45, 2.75) is 38.0 Å². The van der Waals surface area contributed by atoms with Crippen LogP contribution in [0, 0.1) is 11.3 Å². The van der Waals surface area contributed by atoms with Crippen molar-refractivity contribution in [3.05, 3.63) is 42.5 Å². The summed E-state index contributed by atoms with van der Waals surface area (Å²) in [6, 6.07) is 9.88. The first-order valence-electron chi connectivity index (χ1n) is 6.45. The van der Waals surface area contributed by atoms with Gasteiger partial charge in [-0.15, -0.1) is 0 Å². The van der Waals surface area contributed by atoms with Crippen molar-refractivity contribution < 1.29 is 4.79 Å². The highest BCUT2D eigenvalue weighted by Gasteiger charge is 2.39. The number of carbonyl (C=O) groups excluding carboxylic acids is 1. The zero-order valence-corrected chi connectivity index (χ0v) is 11.9. The molecular formula is C16H20OS. The van der Waals surface area contributed by atoms with Gasteiger partial charge in [0.15, 0.2) is 0 Å². The van der Waals surface area contributed by atoms with Crippen LogP contribution in [0.2, 0.25) is 0 Å². The lowest BCUT2D eigenvalue weighted by molar-refractivity contribution is -0.116. The number of carbonyl (C=O) groups is 1. The molecule has 2 rings (SSSR count). The van der Waals surface area contributed by atoms with E-state index in [-0.39, 0.29) is 16.4 Å². The molecule has 0 heterocycles. The topological polar surface area (TPSA) is 17.1 Å². The molecule has 1 aliphatic rings. The molecule has 0 radical (unpaired) electrons. The van der Waals surface area contributed by atoms with E-state index in [1.807, 2.05) is 30.3 Å². The summed E-state index contributed by atoms with van der Waals surface area (Å²) < 4.78 is 0. The molecule has 1 aliphatic carbocycles. The third-order valence-corrected chi connectivity index (χ3v) is 4.65. The van der Waals surface area contributed by atoms with Crippen LogP contribution in [0.25, 0.3) is 0 Å². The van der Waals surface area contributed by atoms with Gasteiger partial charge in [0.1, 0.15) is 0 Å². The van der Waals surface area contributed by atoms with E-state index in [0.717, 1.165) is 29.7 Å².